The third-order valence-electron chi connectivity index (χ3n) is 4.88. The van der Waals surface area contributed by atoms with Crippen LogP contribution in [0.25, 0.3) is 5.65 Å². The Labute approximate surface area is 234 Å². The molecular formula is C22H26BrCl4N5O3. The van der Waals surface area contributed by atoms with Crippen molar-refractivity contribution >= 4 is 87.1 Å². The number of carbonyl (C=O) groups excluding carboxylic acids is 2. The van der Waals surface area contributed by atoms with E-state index in [4.69, 9.17) is 27.9 Å². The van der Waals surface area contributed by atoms with E-state index in [1.54, 1.807) is 38.2 Å². The zero-order chi connectivity index (χ0) is 24.3. The number of pyridine rings is 1. The highest BCUT2D eigenvalue weighted by atomic mass is 79.9. The van der Waals surface area contributed by atoms with Crippen molar-refractivity contribution in [1.82, 2.24) is 19.6 Å². The van der Waals surface area contributed by atoms with Gasteiger partial charge in [0.05, 0.1) is 29.5 Å². The Hall–Kier alpha value is -1.75. The molecule has 0 fully saturated rings. The number of rotatable bonds is 8. The molecule has 3 rings (SSSR count). The van der Waals surface area contributed by atoms with Gasteiger partial charge < -0.3 is 19.9 Å². The number of hydrogen-bond acceptors (Lipinski definition) is 5. The van der Waals surface area contributed by atoms with E-state index in [0.29, 0.717) is 32.7 Å². The number of anilines is 1. The highest BCUT2D eigenvalue weighted by Crippen LogP contribution is 2.35. The van der Waals surface area contributed by atoms with Crippen LogP contribution in [0.4, 0.5) is 5.69 Å². The number of likely N-dealkylation sites (N-methyl/N-ethyl adjacent to an activating group) is 2. The monoisotopic (exact) mass is 627 g/mol. The summed E-state index contributed by atoms with van der Waals surface area (Å²) in [5.41, 5.74) is 2.49. The van der Waals surface area contributed by atoms with Crippen LogP contribution in [0.5, 0.6) is 5.75 Å². The van der Waals surface area contributed by atoms with Gasteiger partial charge in [0.15, 0.2) is 11.4 Å². The summed E-state index contributed by atoms with van der Waals surface area (Å²) < 4.78 is 8.73. The summed E-state index contributed by atoms with van der Waals surface area (Å²) >= 11 is 16.5. The van der Waals surface area contributed by atoms with Crippen molar-refractivity contribution in [3.05, 3.63) is 56.4 Å². The van der Waals surface area contributed by atoms with Gasteiger partial charge in [0, 0.05) is 23.8 Å². The lowest BCUT2D eigenvalue weighted by atomic mass is 10.2. The van der Waals surface area contributed by atoms with Gasteiger partial charge in [-0.3, -0.25) is 14.0 Å². The molecule has 0 radical (unpaired) electrons. The minimum absolute atomic E-state index is 0. The van der Waals surface area contributed by atoms with Crippen LogP contribution >= 0.6 is 63.9 Å². The average molecular weight is 630 g/mol. The fourth-order valence-electron chi connectivity index (χ4n) is 3.14. The Bertz CT molecular complexity index is 1210. The number of carbonyl (C=O) groups is 2. The van der Waals surface area contributed by atoms with Crippen LogP contribution in [0, 0.1) is 6.92 Å². The molecule has 192 valence electrons. The van der Waals surface area contributed by atoms with Crippen LogP contribution in [0.1, 0.15) is 11.3 Å². The van der Waals surface area contributed by atoms with Crippen molar-refractivity contribution in [3.8, 4) is 5.75 Å². The summed E-state index contributed by atoms with van der Waals surface area (Å²) in [6.07, 6.45) is 1.88. The molecule has 0 aliphatic heterocycles. The number of aryl methyl sites for hydroxylation is 1. The predicted molar refractivity (Wildman–Crippen MR) is 148 cm³/mol. The molecule has 0 unspecified atom stereocenters. The van der Waals surface area contributed by atoms with Gasteiger partial charge in [0.2, 0.25) is 11.8 Å². The number of ether oxygens (including phenoxy) is 1. The minimum atomic E-state index is -0.319. The highest BCUT2D eigenvalue weighted by molar-refractivity contribution is 9.10. The Morgan fingerprint density at radius 1 is 1.17 bits per heavy atom. The summed E-state index contributed by atoms with van der Waals surface area (Å²) in [5, 5.41) is 3.31. The summed E-state index contributed by atoms with van der Waals surface area (Å²) in [6, 6.07) is 6.98. The summed E-state index contributed by atoms with van der Waals surface area (Å²) in [6.45, 7) is 2.02. The Kier molecular flexibility index (Phi) is 12.1. The second-order valence-electron chi connectivity index (χ2n) is 7.67. The maximum Gasteiger partial charge on any atom is 0.246 e. The average Bonchev–Trinajstić information content (AvgIpc) is 3.05. The first-order valence-electron chi connectivity index (χ1n) is 10.0. The lowest BCUT2D eigenvalue weighted by Gasteiger charge is -2.21. The van der Waals surface area contributed by atoms with Crippen molar-refractivity contribution in [2.24, 2.45) is 0 Å². The molecule has 0 saturated heterocycles. The molecule has 35 heavy (non-hydrogen) atoms. The van der Waals surface area contributed by atoms with E-state index in [2.05, 4.69) is 26.2 Å². The van der Waals surface area contributed by atoms with Crippen LogP contribution in [-0.2, 0) is 16.2 Å². The van der Waals surface area contributed by atoms with E-state index in [-0.39, 0.29) is 56.3 Å². The Balaban J connectivity index is 0.00000306. The van der Waals surface area contributed by atoms with Crippen LogP contribution in [-0.4, -0.2) is 60.3 Å². The molecule has 3 aromatic rings. The molecular weight excluding hydrogens is 604 g/mol. The summed E-state index contributed by atoms with van der Waals surface area (Å²) in [7, 11) is 5.14. The zero-order valence-corrected chi connectivity index (χ0v) is 24.2. The smallest absolute Gasteiger partial charge is 0.246 e. The second-order valence-corrected chi connectivity index (χ2v) is 9.21. The molecule has 2 amide bonds. The predicted octanol–water partition coefficient (Wildman–Crippen LogP) is 4.78. The van der Waals surface area contributed by atoms with Gasteiger partial charge in [-0.05, 0) is 61.2 Å². The van der Waals surface area contributed by atoms with Crippen molar-refractivity contribution in [2.45, 2.75) is 13.5 Å². The first-order chi connectivity index (χ1) is 15.6. The molecule has 0 aliphatic carbocycles. The first-order valence-corrected chi connectivity index (χ1v) is 11.6. The van der Waals surface area contributed by atoms with Crippen molar-refractivity contribution < 1.29 is 14.3 Å². The number of fused-ring (bicyclic) bond motifs is 1. The SMILES string of the molecule is Cc1nc2c(OCc3c(Cl)ccc(N(C)C(=O)CNC(=O)CN(C)C)c3Cl)cccn2c1Br.Cl.Cl. The molecule has 1 aromatic carbocycles. The standard InChI is InChI=1S/C22H24BrCl2N5O3.2ClH/c1-13-21(23)30-9-5-6-17(22(30)27-13)33-12-14-15(24)7-8-16(20(14)25)29(4)19(32)10-26-18(31)11-28(2)3;;/h5-9H,10-12H2,1-4H3,(H,26,31);2*1H. The number of hydrogen-bond donors (Lipinski definition) is 1. The first kappa shape index (κ1) is 31.3. The van der Waals surface area contributed by atoms with E-state index in [1.807, 2.05) is 29.7 Å². The van der Waals surface area contributed by atoms with Gasteiger partial charge in [0.25, 0.3) is 0 Å². The lowest BCUT2D eigenvalue weighted by molar-refractivity contribution is -0.125. The number of aromatic nitrogens is 2. The third kappa shape index (κ3) is 7.38. The maximum atomic E-state index is 12.6. The van der Waals surface area contributed by atoms with Crippen LogP contribution < -0.4 is 15.0 Å². The van der Waals surface area contributed by atoms with Gasteiger partial charge in [-0.2, -0.15) is 0 Å². The molecule has 0 saturated carbocycles. The number of imidazole rings is 1. The molecule has 2 aromatic heterocycles. The zero-order valence-electron chi connectivity index (χ0n) is 19.5. The Morgan fingerprint density at radius 3 is 2.51 bits per heavy atom. The van der Waals surface area contributed by atoms with Gasteiger partial charge >= 0.3 is 0 Å². The molecule has 8 nitrogen and oxygen atoms in total. The van der Waals surface area contributed by atoms with Gasteiger partial charge in [0.1, 0.15) is 11.2 Å². The number of nitrogens with one attached hydrogen (secondary N) is 1. The van der Waals surface area contributed by atoms with Crippen molar-refractivity contribution in [1.29, 1.82) is 0 Å². The summed E-state index contributed by atoms with van der Waals surface area (Å²) in [5.74, 6) is 0.00521. The quantitative estimate of drug-likeness (QED) is 0.388. The van der Waals surface area contributed by atoms with E-state index < -0.39 is 0 Å². The van der Waals surface area contributed by atoms with Gasteiger partial charge in [-0.25, -0.2) is 4.98 Å². The maximum absolute atomic E-state index is 12.6. The van der Waals surface area contributed by atoms with Crippen LogP contribution in [0.15, 0.2) is 35.1 Å². The molecule has 13 heteroatoms. The molecule has 0 aliphatic rings. The topological polar surface area (TPSA) is 79.2 Å². The van der Waals surface area contributed by atoms with Gasteiger partial charge in [-0.15, -0.1) is 24.8 Å². The fraction of sp³-hybridized carbons (Fsp3) is 0.318. The molecule has 0 spiro atoms. The van der Waals surface area contributed by atoms with E-state index in [9.17, 15) is 9.59 Å². The third-order valence-corrected chi connectivity index (χ3v) is 6.62. The fourth-order valence-corrected chi connectivity index (χ4v) is 4.12. The van der Waals surface area contributed by atoms with E-state index in [0.717, 1.165) is 10.3 Å². The van der Waals surface area contributed by atoms with Crippen molar-refractivity contribution in [3.63, 3.8) is 0 Å². The second kappa shape index (κ2) is 13.5. The van der Waals surface area contributed by atoms with Crippen LogP contribution in [0.3, 0.4) is 0 Å². The minimum Gasteiger partial charge on any atom is -0.485 e. The molecule has 1 N–H and O–H groups in total. The number of benzene rings is 1. The molecule has 0 atom stereocenters. The van der Waals surface area contributed by atoms with Crippen LogP contribution in [0.2, 0.25) is 10.0 Å². The Morgan fingerprint density at radius 2 is 1.86 bits per heavy atom. The summed E-state index contributed by atoms with van der Waals surface area (Å²) in [4.78, 5) is 32.1. The largest absolute Gasteiger partial charge is 0.485 e. The number of amides is 2. The number of halogens is 5. The van der Waals surface area contributed by atoms with E-state index >= 15 is 0 Å². The lowest BCUT2D eigenvalue weighted by Crippen LogP contribution is -2.41. The highest BCUT2D eigenvalue weighted by Gasteiger charge is 2.20. The van der Waals surface area contributed by atoms with E-state index in [1.165, 1.54) is 4.90 Å². The van der Waals surface area contributed by atoms with Crippen molar-refractivity contribution in [2.75, 3.05) is 39.1 Å². The normalized spacial score (nSPS) is 10.5. The van der Waals surface area contributed by atoms with Gasteiger partial charge in [-0.1, -0.05) is 23.2 Å². The number of nitrogens with zero attached hydrogens (tertiary/aromatic N) is 4. The molecule has 0 bridgehead atoms. The molecule has 2 heterocycles.